The van der Waals surface area contributed by atoms with Crippen LogP contribution in [0.5, 0.6) is 5.75 Å². The molecule has 0 atom stereocenters. The van der Waals surface area contributed by atoms with Crippen LogP contribution in [0.2, 0.25) is 0 Å². The van der Waals surface area contributed by atoms with Gasteiger partial charge in [0.2, 0.25) is 5.75 Å². The lowest BCUT2D eigenvalue weighted by molar-refractivity contribution is -0.386. The second kappa shape index (κ2) is 3.37. The van der Waals surface area contributed by atoms with Crippen molar-refractivity contribution in [2.45, 2.75) is 6.18 Å². The van der Waals surface area contributed by atoms with Crippen LogP contribution in [0.25, 0.3) is 0 Å². The van der Waals surface area contributed by atoms with Crippen molar-refractivity contribution >= 4 is 5.69 Å². The molecule has 0 aliphatic heterocycles. The van der Waals surface area contributed by atoms with Crippen molar-refractivity contribution in [3.63, 3.8) is 0 Å². The summed E-state index contributed by atoms with van der Waals surface area (Å²) in [6, 6.07) is 0.0563. The number of nitro benzene ring substituents is 1. The molecule has 1 aromatic carbocycles. The summed E-state index contributed by atoms with van der Waals surface area (Å²) in [5.41, 5.74) is -2.84. The lowest BCUT2D eigenvalue weighted by atomic mass is 10.1. The number of halogens is 4. The number of hydrogen-bond acceptors (Lipinski definition) is 3. The highest BCUT2D eigenvalue weighted by Gasteiger charge is 2.34. The highest BCUT2D eigenvalue weighted by molar-refractivity contribution is 5.49. The van der Waals surface area contributed by atoms with Gasteiger partial charge in [-0.2, -0.15) is 13.2 Å². The maximum Gasteiger partial charge on any atom is 0.416 e. The molecule has 0 amide bonds. The minimum atomic E-state index is -4.90. The molecule has 0 aromatic heterocycles. The van der Waals surface area contributed by atoms with Crippen molar-refractivity contribution in [3.8, 4) is 5.75 Å². The van der Waals surface area contributed by atoms with Gasteiger partial charge < -0.3 is 5.11 Å². The SMILES string of the molecule is O=[N+]([O-])c1cc(C(F)(F)F)cc(F)c1O. The lowest BCUT2D eigenvalue weighted by Crippen LogP contribution is -2.06. The van der Waals surface area contributed by atoms with Crippen LogP contribution < -0.4 is 0 Å². The van der Waals surface area contributed by atoms with Gasteiger partial charge in [-0.05, 0) is 6.07 Å². The molecule has 82 valence electrons. The molecule has 1 rings (SSSR count). The number of hydrogen-bond donors (Lipinski definition) is 1. The average molecular weight is 225 g/mol. The smallest absolute Gasteiger partial charge is 0.416 e. The summed E-state index contributed by atoms with van der Waals surface area (Å²) in [6.07, 6.45) is -4.90. The van der Waals surface area contributed by atoms with Crippen LogP contribution in [0, 0.1) is 15.9 Å². The van der Waals surface area contributed by atoms with Gasteiger partial charge in [0, 0.05) is 6.07 Å². The number of nitrogens with zero attached hydrogens (tertiary/aromatic N) is 1. The zero-order chi connectivity index (χ0) is 11.8. The first-order valence-electron chi connectivity index (χ1n) is 3.47. The van der Waals surface area contributed by atoms with E-state index < -0.39 is 33.9 Å². The summed E-state index contributed by atoms with van der Waals surface area (Å²) in [5.74, 6) is -3.09. The van der Waals surface area contributed by atoms with E-state index in [2.05, 4.69) is 0 Å². The van der Waals surface area contributed by atoms with E-state index in [1.165, 1.54) is 0 Å². The Balaban J connectivity index is 3.43. The van der Waals surface area contributed by atoms with Crippen LogP contribution >= 0.6 is 0 Å². The van der Waals surface area contributed by atoms with Crippen LogP contribution in [-0.2, 0) is 6.18 Å². The minimum absolute atomic E-state index is 0.0116. The maximum atomic E-state index is 12.7. The number of alkyl halides is 3. The van der Waals surface area contributed by atoms with Crippen molar-refractivity contribution < 1.29 is 27.6 Å². The monoisotopic (exact) mass is 225 g/mol. The van der Waals surface area contributed by atoms with Gasteiger partial charge in [-0.15, -0.1) is 0 Å². The second-order valence-corrected chi connectivity index (χ2v) is 2.58. The second-order valence-electron chi connectivity index (χ2n) is 2.58. The molecule has 8 heteroatoms. The van der Waals surface area contributed by atoms with Gasteiger partial charge in [-0.3, -0.25) is 10.1 Å². The van der Waals surface area contributed by atoms with E-state index in [1.54, 1.807) is 0 Å². The molecule has 15 heavy (non-hydrogen) atoms. The molecular weight excluding hydrogens is 222 g/mol. The summed E-state index contributed by atoms with van der Waals surface area (Å²) in [7, 11) is 0. The number of rotatable bonds is 1. The summed E-state index contributed by atoms with van der Waals surface area (Å²) in [5, 5.41) is 18.9. The molecule has 0 aliphatic carbocycles. The Morgan fingerprint density at radius 1 is 1.33 bits per heavy atom. The van der Waals surface area contributed by atoms with E-state index in [-0.39, 0.29) is 12.1 Å². The Bertz CT molecular complexity index is 415. The van der Waals surface area contributed by atoms with Crippen LogP contribution in [0.1, 0.15) is 5.56 Å². The average Bonchev–Trinajstić information content (AvgIpc) is 2.06. The minimum Gasteiger partial charge on any atom is -0.500 e. The molecular formula is C7H3F4NO3. The Labute approximate surface area is 79.9 Å². The first-order chi connectivity index (χ1) is 6.73. The Hall–Kier alpha value is -1.86. The van der Waals surface area contributed by atoms with E-state index in [4.69, 9.17) is 5.11 Å². The number of nitro groups is 1. The van der Waals surface area contributed by atoms with Gasteiger partial charge in [0.1, 0.15) is 0 Å². The third kappa shape index (κ3) is 2.14. The van der Waals surface area contributed by atoms with Crippen molar-refractivity contribution in [2.24, 2.45) is 0 Å². The predicted octanol–water partition coefficient (Wildman–Crippen LogP) is 2.46. The zero-order valence-electron chi connectivity index (χ0n) is 6.88. The highest BCUT2D eigenvalue weighted by atomic mass is 19.4. The molecule has 4 nitrogen and oxygen atoms in total. The summed E-state index contributed by atoms with van der Waals surface area (Å²) in [6.45, 7) is 0. The zero-order valence-corrected chi connectivity index (χ0v) is 6.88. The van der Waals surface area contributed by atoms with Gasteiger partial charge in [0.05, 0.1) is 10.5 Å². The molecule has 0 fully saturated rings. The fraction of sp³-hybridized carbons (Fsp3) is 0.143. The van der Waals surface area contributed by atoms with Gasteiger partial charge in [0.25, 0.3) is 0 Å². The summed E-state index contributed by atoms with van der Waals surface area (Å²) >= 11 is 0. The molecule has 0 radical (unpaired) electrons. The molecule has 0 heterocycles. The Morgan fingerprint density at radius 2 is 1.87 bits per heavy atom. The van der Waals surface area contributed by atoms with Crippen LogP contribution in [-0.4, -0.2) is 10.0 Å². The van der Waals surface area contributed by atoms with E-state index >= 15 is 0 Å². The van der Waals surface area contributed by atoms with Gasteiger partial charge >= 0.3 is 11.9 Å². The number of benzene rings is 1. The fourth-order valence-corrected chi connectivity index (χ4v) is 0.887. The third-order valence-corrected chi connectivity index (χ3v) is 1.57. The Kier molecular flexibility index (Phi) is 2.52. The normalized spacial score (nSPS) is 11.5. The van der Waals surface area contributed by atoms with Gasteiger partial charge in [-0.1, -0.05) is 0 Å². The van der Waals surface area contributed by atoms with Crippen LogP contribution in [0.3, 0.4) is 0 Å². The van der Waals surface area contributed by atoms with E-state index in [0.717, 1.165) is 0 Å². The molecule has 1 N–H and O–H groups in total. The summed E-state index contributed by atoms with van der Waals surface area (Å²) < 4.78 is 48.9. The molecule has 1 aromatic rings. The van der Waals surface area contributed by atoms with E-state index in [9.17, 15) is 27.7 Å². The molecule has 0 spiro atoms. The standard InChI is InChI=1S/C7H3F4NO3/c8-4-1-3(7(9,10)11)2-5(6(4)13)12(14)15/h1-2,13H. The quantitative estimate of drug-likeness (QED) is 0.453. The van der Waals surface area contributed by atoms with Crippen molar-refractivity contribution in [1.82, 2.24) is 0 Å². The highest BCUT2D eigenvalue weighted by Crippen LogP contribution is 2.37. The maximum absolute atomic E-state index is 12.7. The van der Waals surface area contributed by atoms with E-state index in [0.29, 0.717) is 0 Å². The number of phenols is 1. The molecule has 0 aliphatic rings. The van der Waals surface area contributed by atoms with Gasteiger partial charge in [-0.25, -0.2) is 4.39 Å². The lowest BCUT2D eigenvalue weighted by Gasteiger charge is -2.07. The topological polar surface area (TPSA) is 63.4 Å². The summed E-state index contributed by atoms with van der Waals surface area (Å²) in [4.78, 5) is 8.87. The first-order valence-corrected chi connectivity index (χ1v) is 3.47. The molecule has 0 bridgehead atoms. The number of aromatic hydroxyl groups is 1. The van der Waals surface area contributed by atoms with Gasteiger partial charge in [0.15, 0.2) is 5.82 Å². The number of phenolic OH excluding ortho intramolecular Hbond substituents is 1. The van der Waals surface area contributed by atoms with Crippen LogP contribution in [0.15, 0.2) is 12.1 Å². The molecule has 0 saturated carbocycles. The third-order valence-electron chi connectivity index (χ3n) is 1.57. The first kappa shape index (κ1) is 11.2. The van der Waals surface area contributed by atoms with Crippen molar-refractivity contribution in [2.75, 3.05) is 0 Å². The van der Waals surface area contributed by atoms with Crippen molar-refractivity contribution in [1.29, 1.82) is 0 Å². The fourth-order valence-electron chi connectivity index (χ4n) is 0.887. The predicted molar refractivity (Wildman–Crippen MR) is 39.7 cm³/mol. The largest absolute Gasteiger partial charge is 0.500 e. The molecule has 0 saturated heterocycles. The van der Waals surface area contributed by atoms with E-state index in [1.807, 2.05) is 0 Å². The van der Waals surface area contributed by atoms with Crippen molar-refractivity contribution in [3.05, 3.63) is 33.6 Å². The Morgan fingerprint density at radius 3 is 2.27 bits per heavy atom. The molecule has 0 unspecified atom stereocenters. The van der Waals surface area contributed by atoms with Crippen LogP contribution in [0.4, 0.5) is 23.2 Å².